The largest absolute Gasteiger partial charge is 0.490 e. The highest BCUT2D eigenvalue weighted by atomic mass is 16.6. The Morgan fingerprint density at radius 2 is 2.00 bits per heavy atom. The second-order valence-electron chi connectivity index (χ2n) is 5.60. The molecule has 0 N–H and O–H groups in total. The summed E-state index contributed by atoms with van der Waals surface area (Å²) in [5.74, 6) is 0.184. The van der Waals surface area contributed by atoms with Gasteiger partial charge >= 0.3 is 11.8 Å². The molecule has 0 aliphatic heterocycles. The summed E-state index contributed by atoms with van der Waals surface area (Å²) in [5.41, 5.74) is -0.0968. The van der Waals surface area contributed by atoms with Crippen molar-refractivity contribution in [2.75, 3.05) is 14.2 Å². The van der Waals surface area contributed by atoms with Crippen LogP contribution in [0.3, 0.4) is 0 Å². The highest BCUT2D eigenvalue weighted by Crippen LogP contribution is 2.28. The Morgan fingerprint density at radius 3 is 2.48 bits per heavy atom. The van der Waals surface area contributed by atoms with Gasteiger partial charge in [-0.05, 0) is 32.4 Å². The van der Waals surface area contributed by atoms with Crippen LogP contribution in [0.15, 0.2) is 18.2 Å². The number of rotatable bonds is 4. The number of nitro benzene ring substituents is 1. The van der Waals surface area contributed by atoms with Crippen LogP contribution in [0.4, 0.5) is 10.5 Å². The van der Waals surface area contributed by atoms with Gasteiger partial charge in [0.1, 0.15) is 5.60 Å². The zero-order chi connectivity index (χ0) is 16.2. The number of ether oxygens (including phenoxy) is 2. The molecule has 0 radical (unpaired) electrons. The minimum atomic E-state index is -0.586. The summed E-state index contributed by atoms with van der Waals surface area (Å²) in [6, 6.07) is 4.57. The van der Waals surface area contributed by atoms with E-state index >= 15 is 0 Å². The summed E-state index contributed by atoms with van der Waals surface area (Å²) < 4.78 is 10.2. The zero-order valence-electron chi connectivity index (χ0n) is 12.9. The Balaban J connectivity index is 2.86. The maximum Gasteiger partial charge on any atom is 0.410 e. The van der Waals surface area contributed by atoms with Gasteiger partial charge in [-0.3, -0.25) is 10.1 Å². The molecule has 1 aromatic rings. The van der Waals surface area contributed by atoms with Crippen LogP contribution >= 0.6 is 0 Å². The first kappa shape index (κ1) is 16.7. The maximum atomic E-state index is 11.9. The van der Waals surface area contributed by atoms with E-state index in [1.165, 1.54) is 24.1 Å². The molecule has 0 aliphatic carbocycles. The number of amides is 1. The second kappa shape index (κ2) is 6.43. The van der Waals surface area contributed by atoms with Gasteiger partial charge in [0, 0.05) is 19.7 Å². The molecule has 1 rings (SSSR count). The van der Waals surface area contributed by atoms with E-state index in [1.807, 2.05) is 0 Å². The lowest BCUT2D eigenvalue weighted by Gasteiger charge is -2.24. The highest BCUT2D eigenvalue weighted by Gasteiger charge is 2.21. The normalized spacial score (nSPS) is 10.9. The van der Waals surface area contributed by atoms with E-state index in [4.69, 9.17) is 9.47 Å². The van der Waals surface area contributed by atoms with Crippen LogP contribution in [-0.4, -0.2) is 35.7 Å². The molecule has 7 nitrogen and oxygen atoms in total. The third kappa shape index (κ3) is 4.94. The number of nitro groups is 1. The molecule has 0 aromatic heterocycles. The molecular weight excluding hydrogens is 276 g/mol. The SMILES string of the molecule is COc1ccc(CN(C)C(=O)OC(C)(C)C)cc1[N+](=O)[O-]. The molecule has 0 aliphatic rings. The molecule has 0 spiro atoms. The van der Waals surface area contributed by atoms with Crippen molar-refractivity contribution in [2.45, 2.75) is 32.9 Å². The lowest BCUT2D eigenvalue weighted by molar-refractivity contribution is -0.385. The first-order chi connectivity index (χ1) is 9.64. The quantitative estimate of drug-likeness (QED) is 0.630. The average Bonchev–Trinajstić information content (AvgIpc) is 2.36. The standard InChI is InChI=1S/C14H20N2O5/c1-14(2,3)21-13(17)15(4)9-10-6-7-12(20-5)11(8-10)16(18)19/h6-8H,9H2,1-5H3. The van der Waals surface area contributed by atoms with E-state index in [0.717, 1.165) is 0 Å². The Kier molecular flexibility index (Phi) is 5.12. The average molecular weight is 296 g/mol. The Labute approximate surface area is 123 Å². The number of carbonyl (C=O) groups excluding carboxylic acids is 1. The zero-order valence-corrected chi connectivity index (χ0v) is 12.9. The molecular formula is C14H20N2O5. The second-order valence-corrected chi connectivity index (χ2v) is 5.60. The molecule has 0 saturated carbocycles. The first-order valence-corrected chi connectivity index (χ1v) is 6.39. The highest BCUT2D eigenvalue weighted by molar-refractivity contribution is 5.67. The number of methoxy groups -OCH3 is 1. The van der Waals surface area contributed by atoms with Crippen LogP contribution in [0, 0.1) is 10.1 Å². The van der Waals surface area contributed by atoms with Crippen molar-refractivity contribution in [2.24, 2.45) is 0 Å². The predicted octanol–water partition coefficient (Wildman–Crippen LogP) is 2.97. The third-order valence-electron chi connectivity index (χ3n) is 2.56. The molecule has 116 valence electrons. The van der Waals surface area contributed by atoms with Crippen molar-refractivity contribution < 1.29 is 19.2 Å². The topological polar surface area (TPSA) is 81.9 Å². The number of benzene rings is 1. The number of nitrogens with zero attached hydrogens (tertiary/aromatic N) is 2. The van der Waals surface area contributed by atoms with Crippen molar-refractivity contribution in [3.63, 3.8) is 0 Å². The van der Waals surface area contributed by atoms with Crippen LogP contribution < -0.4 is 4.74 Å². The fourth-order valence-electron chi connectivity index (χ4n) is 1.65. The van der Waals surface area contributed by atoms with E-state index in [2.05, 4.69) is 0 Å². The van der Waals surface area contributed by atoms with E-state index in [0.29, 0.717) is 5.56 Å². The summed E-state index contributed by atoms with van der Waals surface area (Å²) in [4.78, 5) is 23.7. The van der Waals surface area contributed by atoms with Crippen molar-refractivity contribution in [3.8, 4) is 5.75 Å². The van der Waals surface area contributed by atoms with Crippen LogP contribution in [0.1, 0.15) is 26.3 Å². The Bertz CT molecular complexity index is 537. The maximum absolute atomic E-state index is 11.9. The number of carbonyl (C=O) groups is 1. The molecule has 1 amide bonds. The van der Waals surface area contributed by atoms with E-state index in [-0.39, 0.29) is 18.0 Å². The summed E-state index contributed by atoms with van der Waals surface area (Å²) in [7, 11) is 2.94. The lowest BCUT2D eigenvalue weighted by atomic mass is 10.2. The van der Waals surface area contributed by atoms with Gasteiger partial charge in [0.25, 0.3) is 0 Å². The number of hydrogen-bond donors (Lipinski definition) is 0. The number of hydrogen-bond acceptors (Lipinski definition) is 5. The van der Waals surface area contributed by atoms with Gasteiger partial charge in [-0.1, -0.05) is 6.07 Å². The minimum absolute atomic E-state index is 0.132. The molecule has 0 saturated heterocycles. The molecule has 7 heteroatoms. The Morgan fingerprint density at radius 1 is 1.38 bits per heavy atom. The molecule has 0 unspecified atom stereocenters. The van der Waals surface area contributed by atoms with Gasteiger partial charge in [0.05, 0.1) is 12.0 Å². The fraction of sp³-hybridized carbons (Fsp3) is 0.500. The van der Waals surface area contributed by atoms with Crippen LogP contribution in [0.5, 0.6) is 5.75 Å². The third-order valence-corrected chi connectivity index (χ3v) is 2.56. The lowest BCUT2D eigenvalue weighted by Crippen LogP contribution is -2.33. The van der Waals surface area contributed by atoms with Crippen molar-refractivity contribution >= 4 is 11.8 Å². The van der Waals surface area contributed by atoms with E-state index in [1.54, 1.807) is 33.9 Å². The van der Waals surface area contributed by atoms with E-state index in [9.17, 15) is 14.9 Å². The van der Waals surface area contributed by atoms with Crippen molar-refractivity contribution in [3.05, 3.63) is 33.9 Å². The summed E-state index contributed by atoms with van der Waals surface area (Å²) in [6.07, 6.45) is -0.485. The van der Waals surface area contributed by atoms with Gasteiger partial charge < -0.3 is 14.4 Å². The first-order valence-electron chi connectivity index (χ1n) is 6.39. The van der Waals surface area contributed by atoms with Crippen molar-refractivity contribution in [1.29, 1.82) is 0 Å². The molecule has 0 atom stereocenters. The van der Waals surface area contributed by atoms with Gasteiger partial charge in [0.2, 0.25) is 0 Å². The van der Waals surface area contributed by atoms with Gasteiger partial charge in [-0.2, -0.15) is 0 Å². The monoisotopic (exact) mass is 296 g/mol. The summed E-state index contributed by atoms with van der Waals surface area (Å²) in [5, 5.41) is 11.0. The minimum Gasteiger partial charge on any atom is -0.490 e. The van der Waals surface area contributed by atoms with Crippen LogP contribution in [-0.2, 0) is 11.3 Å². The molecule has 1 aromatic carbocycles. The molecule has 21 heavy (non-hydrogen) atoms. The van der Waals surface area contributed by atoms with Gasteiger partial charge in [0.15, 0.2) is 5.75 Å². The predicted molar refractivity (Wildman–Crippen MR) is 77.3 cm³/mol. The van der Waals surface area contributed by atoms with Gasteiger partial charge in [-0.15, -0.1) is 0 Å². The van der Waals surface area contributed by atoms with Crippen LogP contribution in [0.25, 0.3) is 0 Å². The smallest absolute Gasteiger partial charge is 0.410 e. The molecule has 0 bridgehead atoms. The molecule has 0 heterocycles. The molecule has 0 fully saturated rings. The Hall–Kier alpha value is -2.31. The fourth-order valence-corrected chi connectivity index (χ4v) is 1.65. The summed E-state index contributed by atoms with van der Waals surface area (Å²) in [6.45, 7) is 5.53. The summed E-state index contributed by atoms with van der Waals surface area (Å²) >= 11 is 0. The van der Waals surface area contributed by atoms with Gasteiger partial charge in [-0.25, -0.2) is 4.79 Å². The van der Waals surface area contributed by atoms with Crippen molar-refractivity contribution in [1.82, 2.24) is 4.90 Å². The van der Waals surface area contributed by atoms with Crippen LogP contribution in [0.2, 0.25) is 0 Å². The van der Waals surface area contributed by atoms with E-state index < -0.39 is 16.6 Å².